The molecule has 7 heteroatoms. The number of non-ortho nitro benzene ring substituents is 1. The summed E-state index contributed by atoms with van der Waals surface area (Å²) in [6.07, 6.45) is -0.508. The second-order valence-corrected chi connectivity index (χ2v) is 12.2. The van der Waals surface area contributed by atoms with Crippen LogP contribution >= 0.6 is 0 Å². The summed E-state index contributed by atoms with van der Waals surface area (Å²) >= 11 is 0. The minimum Gasteiger partial charge on any atom is -0.410 e. The SMILES string of the molecule is C=C(CO)CC(O[Si](C)(C)C(C)(C)C)c1cc([N+](=O)[O-])ccc1F. The van der Waals surface area contributed by atoms with E-state index in [1.807, 2.05) is 13.1 Å². The van der Waals surface area contributed by atoms with Crippen LogP contribution in [0.5, 0.6) is 0 Å². The predicted molar refractivity (Wildman–Crippen MR) is 94.9 cm³/mol. The first-order valence-electron chi connectivity index (χ1n) is 7.78. The van der Waals surface area contributed by atoms with Crippen molar-refractivity contribution in [2.75, 3.05) is 6.61 Å². The fourth-order valence-corrected chi connectivity index (χ4v) is 3.24. The van der Waals surface area contributed by atoms with E-state index < -0.39 is 25.2 Å². The molecule has 0 fully saturated rings. The van der Waals surface area contributed by atoms with Crippen molar-refractivity contribution in [3.05, 3.63) is 51.8 Å². The smallest absolute Gasteiger partial charge is 0.270 e. The van der Waals surface area contributed by atoms with Gasteiger partial charge in [-0.05, 0) is 36.2 Å². The van der Waals surface area contributed by atoms with Crippen LogP contribution < -0.4 is 0 Å². The molecule has 0 spiro atoms. The average molecular weight is 355 g/mol. The Morgan fingerprint density at radius 2 is 2.04 bits per heavy atom. The van der Waals surface area contributed by atoms with Crippen molar-refractivity contribution in [3.8, 4) is 0 Å². The fourth-order valence-electron chi connectivity index (χ4n) is 1.97. The van der Waals surface area contributed by atoms with E-state index in [4.69, 9.17) is 4.43 Å². The van der Waals surface area contributed by atoms with E-state index in [2.05, 4.69) is 27.4 Å². The molecule has 1 unspecified atom stereocenters. The number of benzene rings is 1. The summed E-state index contributed by atoms with van der Waals surface area (Å²) in [5, 5.41) is 20.2. The number of nitro groups is 1. The molecule has 1 aromatic carbocycles. The highest BCUT2D eigenvalue weighted by atomic mass is 28.4. The van der Waals surface area contributed by atoms with Gasteiger partial charge in [0.1, 0.15) is 5.82 Å². The minimum atomic E-state index is -2.26. The maximum atomic E-state index is 14.3. The Kier molecular flexibility index (Phi) is 6.43. The molecule has 0 heterocycles. The van der Waals surface area contributed by atoms with Gasteiger partial charge >= 0.3 is 0 Å². The molecule has 5 nitrogen and oxygen atoms in total. The largest absolute Gasteiger partial charge is 0.410 e. The lowest BCUT2D eigenvalue weighted by molar-refractivity contribution is -0.385. The van der Waals surface area contributed by atoms with Gasteiger partial charge in [-0.2, -0.15) is 0 Å². The van der Waals surface area contributed by atoms with Crippen molar-refractivity contribution < 1.29 is 18.8 Å². The predicted octanol–water partition coefficient (Wildman–Crippen LogP) is 4.74. The van der Waals surface area contributed by atoms with Gasteiger partial charge in [-0.25, -0.2) is 4.39 Å². The Bertz CT molecular complexity index is 626. The summed E-state index contributed by atoms with van der Waals surface area (Å²) < 4.78 is 20.6. The van der Waals surface area contributed by atoms with Crippen LogP contribution in [0.4, 0.5) is 10.1 Å². The number of aliphatic hydroxyl groups excluding tert-OH is 1. The van der Waals surface area contributed by atoms with Crippen molar-refractivity contribution in [2.24, 2.45) is 0 Å². The number of halogens is 1. The van der Waals surface area contributed by atoms with Crippen LogP contribution in [0.2, 0.25) is 18.1 Å². The quantitative estimate of drug-likeness (QED) is 0.332. The minimum absolute atomic E-state index is 0.108. The molecule has 1 rings (SSSR count). The van der Waals surface area contributed by atoms with E-state index in [1.165, 1.54) is 6.07 Å². The number of aliphatic hydroxyl groups is 1. The van der Waals surface area contributed by atoms with Gasteiger partial charge in [0.2, 0.25) is 0 Å². The Morgan fingerprint density at radius 3 is 2.50 bits per heavy atom. The maximum absolute atomic E-state index is 14.3. The van der Waals surface area contributed by atoms with Gasteiger partial charge in [-0.3, -0.25) is 10.1 Å². The van der Waals surface area contributed by atoms with Gasteiger partial charge in [0.25, 0.3) is 5.69 Å². The van der Waals surface area contributed by atoms with Gasteiger partial charge < -0.3 is 9.53 Å². The molecule has 1 atom stereocenters. The summed E-state index contributed by atoms with van der Waals surface area (Å²) in [7, 11) is -2.26. The zero-order chi connectivity index (χ0) is 18.7. The van der Waals surface area contributed by atoms with Gasteiger partial charge in [0, 0.05) is 17.7 Å². The third kappa shape index (κ3) is 4.96. The molecule has 0 amide bonds. The molecule has 0 aliphatic rings. The molecule has 1 N–H and O–H groups in total. The van der Waals surface area contributed by atoms with Crippen LogP contribution in [0.3, 0.4) is 0 Å². The molecule has 0 aliphatic carbocycles. The lowest BCUT2D eigenvalue weighted by atomic mass is 10.0. The molecular formula is C17H26FNO4Si. The Balaban J connectivity index is 3.31. The summed E-state index contributed by atoms with van der Waals surface area (Å²) in [6.45, 7) is 13.7. The Morgan fingerprint density at radius 1 is 1.46 bits per heavy atom. The van der Waals surface area contributed by atoms with E-state index in [9.17, 15) is 19.6 Å². The second-order valence-electron chi connectivity index (χ2n) is 7.44. The van der Waals surface area contributed by atoms with E-state index in [0.717, 1.165) is 12.1 Å². The van der Waals surface area contributed by atoms with Gasteiger partial charge in [-0.15, -0.1) is 0 Å². The molecule has 1 aromatic rings. The van der Waals surface area contributed by atoms with Crippen molar-refractivity contribution in [1.29, 1.82) is 0 Å². The zero-order valence-electron chi connectivity index (χ0n) is 14.9. The fraction of sp³-hybridized carbons (Fsp3) is 0.529. The maximum Gasteiger partial charge on any atom is 0.270 e. The van der Waals surface area contributed by atoms with E-state index in [1.54, 1.807) is 0 Å². The van der Waals surface area contributed by atoms with Gasteiger partial charge in [-0.1, -0.05) is 27.4 Å². The topological polar surface area (TPSA) is 72.6 Å². The molecule has 0 saturated heterocycles. The summed E-state index contributed by atoms with van der Waals surface area (Å²) in [5.74, 6) is -0.560. The van der Waals surface area contributed by atoms with Crippen LogP contribution in [-0.4, -0.2) is 25.0 Å². The van der Waals surface area contributed by atoms with Crippen LogP contribution in [0.1, 0.15) is 38.9 Å². The highest BCUT2D eigenvalue weighted by molar-refractivity contribution is 6.74. The first kappa shape index (κ1) is 20.5. The van der Waals surface area contributed by atoms with Crippen LogP contribution in [0.15, 0.2) is 30.4 Å². The summed E-state index contributed by atoms with van der Waals surface area (Å²) in [6, 6.07) is 3.41. The van der Waals surface area contributed by atoms with E-state index in [0.29, 0.717) is 5.57 Å². The zero-order valence-corrected chi connectivity index (χ0v) is 15.9. The molecule has 0 aliphatic heterocycles. The van der Waals surface area contributed by atoms with Crippen LogP contribution in [0.25, 0.3) is 0 Å². The molecule has 0 saturated carbocycles. The standard InChI is InChI=1S/C17H26FNO4Si/c1-12(11-20)9-16(23-24(5,6)17(2,3)4)14-10-13(19(21)22)7-8-15(14)18/h7-8,10,16,20H,1,9,11H2,2-6H3. The van der Waals surface area contributed by atoms with Gasteiger partial charge in [0.15, 0.2) is 8.32 Å². The number of rotatable bonds is 7. The monoisotopic (exact) mass is 355 g/mol. The van der Waals surface area contributed by atoms with Gasteiger partial charge in [0.05, 0.1) is 17.6 Å². The number of hydrogen-bond donors (Lipinski definition) is 1. The Labute approximate surface area is 143 Å². The molecule has 0 aromatic heterocycles. The third-order valence-corrected chi connectivity index (χ3v) is 8.96. The molecular weight excluding hydrogens is 329 g/mol. The molecule has 24 heavy (non-hydrogen) atoms. The van der Waals surface area contributed by atoms with Crippen molar-refractivity contribution in [1.82, 2.24) is 0 Å². The highest BCUT2D eigenvalue weighted by Gasteiger charge is 2.40. The highest BCUT2D eigenvalue weighted by Crippen LogP contribution is 2.42. The lowest BCUT2D eigenvalue weighted by Gasteiger charge is -2.39. The number of nitrogens with zero attached hydrogens (tertiary/aromatic N) is 1. The van der Waals surface area contributed by atoms with E-state index >= 15 is 0 Å². The van der Waals surface area contributed by atoms with Crippen LogP contribution in [0, 0.1) is 15.9 Å². The second kappa shape index (κ2) is 7.54. The lowest BCUT2D eigenvalue weighted by Crippen LogP contribution is -2.42. The third-order valence-electron chi connectivity index (χ3n) is 4.48. The van der Waals surface area contributed by atoms with Crippen molar-refractivity contribution >= 4 is 14.0 Å². The molecule has 0 bridgehead atoms. The average Bonchev–Trinajstić information content (AvgIpc) is 2.45. The molecule has 134 valence electrons. The summed E-state index contributed by atoms with van der Waals surface area (Å²) in [5.41, 5.74) is 0.429. The first-order valence-corrected chi connectivity index (χ1v) is 10.7. The number of hydrogen-bond acceptors (Lipinski definition) is 4. The number of nitro benzene ring substituents is 1. The Hall–Kier alpha value is -1.57. The van der Waals surface area contributed by atoms with E-state index in [-0.39, 0.29) is 29.3 Å². The normalized spacial score (nSPS) is 13.6. The molecule has 0 radical (unpaired) electrons. The van der Waals surface area contributed by atoms with Crippen molar-refractivity contribution in [3.63, 3.8) is 0 Å². The van der Waals surface area contributed by atoms with Crippen LogP contribution in [-0.2, 0) is 4.43 Å². The first-order chi connectivity index (χ1) is 10.9. The van der Waals surface area contributed by atoms with Crippen molar-refractivity contribution in [2.45, 2.75) is 51.4 Å². The summed E-state index contributed by atoms with van der Waals surface area (Å²) in [4.78, 5) is 10.4.